The van der Waals surface area contributed by atoms with Crippen molar-refractivity contribution in [2.45, 2.75) is 30.4 Å². The predicted octanol–water partition coefficient (Wildman–Crippen LogP) is 2.94. The lowest BCUT2D eigenvalue weighted by Crippen LogP contribution is -2.37. The van der Waals surface area contributed by atoms with Crippen LogP contribution in [0.5, 0.6) is 5.75 Å². The first-order chi connectivity index (χ1) is 15.2. The second-order valence-electron chi connectivity index (χ2n) is 7.70. The van der Waals surface area contributed by atoms with Crippen molar-refractivity contribution in [1.82, 2.24) is 9.29 Å². The Labute approximate surface area is 188 Å². The molecule has 1 aromatic heterocycles. The van der Waals surface area contributed by atoms with Crippen LogP contribution in [-0.4, -0.2) is 51.6 Å². The molecule has 0 aliphatic carbocycles. The zero-order valence-electron chi connectivity index (χ0n) is 17.5. The molecule has 4 rings (SSSR count). The molecule has 1 aliphatic heterocycles. The Morgan fingerprint density at radius 1 is 1.06 bits per heavy atom. The highest BCUT2D eigenvalue weighted by Gasteiger charge is 2.31. The van der Waals surface area contributed by atoms with Crippen molar-refractivity contribution in [2.24, 2.45) is 0 Å². The summed E-state index contributed by atoms with van der Waals surface area (Å²) in [5.74, 6) is 0.169. The van der Waals surface area contributed by atoms with E-state index in [9.17, 15) is 16.8 Å². The molecule has 32 heavy (non-hydrogen) atoms. The van der Waals surface area contributed by atoms with Crippen LogP contribution in [-0.2, 0) is 31.4 Å². The third kappa shape index (κ3) is 5.26. The average Bonchev–Trinajstić information content (AvgIpc) is 3.26. The highest BCUT2D eigenvalue weighted by atomic mass is 32.2. The zero-order chi connectivity index (χ0) is 22.8. The standard InChI is InChI=1S/C22H24N2O6S2/c1-31(25,26)30-19-11-9-17(10-12-19)15-24(16-20-7-4-14-29-20)32(27,28)21-8-2-5-18-6-3-13-23-22(18)21/h2-3,5-6,8-13,20H,4,7,14-16H2,1H3. The Hall–Kier alpha value is -2.53. The molecule has 0 radical (unpaired) electrons. The first kappa shape index (κ1) is 22.7. The van der Waals surface area contributed by atoms with Crippen LogP contribution in [0.15, 0.2) is 65.7 Å². The fourth-order valence-electron chi connectivity index (χ4n) is 3.72. The summed E-state index contributed by atoms with van der Waals surface area (Å²) in [5, 5.41) is 0.743. The summed E-state index contributed by atoms with van der Waals surface area (Å²) in [6, 6.07) is 15.0. The van der Waals surface area contributed by atoms with Gasteiger partial charge in [-0.2, -0.15) is 12.7 Å². The van der Waals surface area contributed by atoms with E-state index in [0.29, 0.717) is 17.7 Å². The summed E-state index contributed by atoms with van der Waals surface area (Å²) in [7, 11) is -7.53. The Bertz CT molecular complexity index is 1300. The van der Waals surface area contributed by atoms with Crippen LogP contribution in [0.1, 0.15) is 18.4 Å². The van der Waals surface area contributed by atoms with E-state index in [2.05, 4.69) is 4.98 Å². The third-order valence-corrected chi connectivity index (χ3v) is 7.51. The normalized spacial score (nSPS) is 17.1. The molecule has 2 heterocycles. The molecule has 3 aromatic rings. The molecule has 10 heteroatoms. The highest BCUT2D eigenvalue weighted by molar-refractivity contribution is 7.89. The van der Waals surface area contributed by atoms with E-state index < -0.39 is 20.1 Å². The van der Waals surface area contributed by atoms with Crippen molar-refractivity contribution in [3.8, 4) is 5.75 Å². The van der Waals surface area contributed by atoms with Gasteiger partial charge in [-0.05, 0) is 42.7 Å². The molecule has 0 N–H and O–H groups in total. The van der Waals surface area contributed by atoms with Crippen LogP contribution in [0.25, 0.3) is 10.9 Å². The lowest BCUT2D eigenvalue weighted by atomic mass is 10.2. The monoisotopic (exact) mass is 476 g/mol. The Kier molecular flexibility index (Phi) is 6.47. The minimum atomic E-state index is -3.89. The van der Waals surface area contributed by atoms with Crippen molar-refractivity contribution in [1.29, 1.82) is 0 Å². The zero-order valence-corrected chi connectivity index (χ0v) is 19.2. The van der Waals surface area contributed by atoms with Crippen molar-refractivity contribution in [3.05, 3.63) is 66.4 Å². The van der Waals surface area contributed by atoms with E-state index >= 15 is 0 Å². The van der Waals surface area contributed by atoms with Gasteiger partial charge in [-0.1, -0.05) is 30.3 Å². The third-order valence-electron chi connectivity index (χ3n) is 5.17. The van der Waals surface area contributed by atoms with Gasteiger partial charge in [0.15, 0.2) is 0 Å². The van der Waals surface area contributed by atoms with Gasteiger partial charge in [-0.3, -0.25) is 4.98 Å². The van der Waals surface area contributed by atoms with Crippen molar-refractivity contribution in [2.75, 3.05) is 19.4 Å². The van der Waals surface area contributed by atoms with E-state index in [1.54, 1.807) is 36.5 Å². The quantitative estimate of drug-likeness (QED) is 0.461. The lowest BCUT2D eigenvalue weighted by molar-refractivity contribution is 0.0926. The van der Waals surface area contributed by atoms with E-state index in [1.165, 1.54) is 16.4 Å². The van der Waals surface area contributed by atoms with Crippen molar-refractivity contribution < 1.29 is 25.8 Å². The molecule has 1 aliphatic rings. The van der Waals surface area contributed by atoms with Gasteiger partial charge < -0.3 is 8.92 Å². The second kappa shape index (κ2) is 9.14. The van der Waals surface area contributed by atoms with Gasteiger partial charge in [0.1, 0.15) is 10.6 Å². The van der Waals surface area contributed by atoms with Gasteiger partial charge in [0.25, 0.3) is 0 Å². The number of ether oxygens (including phenoxy) is 1. The predicted molar refractivity (Wildman–Crippen MR) is 120 cm³/mol. The number of hydrogen-bond acceptors (Lipinski definition) is 7. The Balaban J connectivity index is 1.67. The smallest absolute Gasteiger partial charge is 0.306 e. The summed E-state index contributed by atoms with van der Waals surface area (Å²) in [6.45, 7) is 0.934. The van der Waals surface area contributed by atoms with Gasteiger partial charge in [-0.25, -0.2) is 8.42 Å². The van der Waals surface area contributed by atoms with Gasteiger partial charge in [0.05, 0.1) is 17.9 Å². The molecular formula is C22H24N2O6S2. The first-order valence-corrected chi connectivity index (χ1v) is 13.4. The van der Waals surface area contributed by atoms with E-state index in [4.69, 9.17) is 8.92 Å². The Morgan fingerprint density at radius 2 is 1.81 bits per heavy atom. The van der Waals surface area contributed by atoms with Crippen LogP contribution in [0, 0.1) is 0 Å². The molecule has 1 unspecified atom stereocenters. The van der Waals surface area contributed by atoms with Crippen LogP contribution >= 0.6 is 0 Å². The molecule has 2 aromatic carbocycles. The number of hydrogen-bond donors (Lipinski definition) is 0. The fraction of sp³-hybridized carbons (Fsp3) is 0.318. The minimum Gasteiger partial charge on any atom is -0.383 e. The molecule has 8 nitrogen and oxygen atoms in total. The van der Waals surface area contributed by atoms with Gasteiger partial charge >= 0.3 is 10.1 Å². The average molecular weight is 477 g/mol. The summed E-state index contributed by atoms with van der Waals surface area (Å²) in [4.78, 5) is 4.45. The second-order valence-corrected chi connectivity index (χ2v) is 11.2. The number of sulfonamides is 1. The summed E-state index contributed by atoms with van der Waals surface area (Å²) < 4.78 is 62.1. The summed E-state index contributed by atoms with van der Waals surface area (Å²) in [6.07, 6.45) is 4.05. The van der Waals surface area contributed by atoms with Crippen LogP contribution in [0.3, 0.4) is 0 Å². The molecular weight excluding hydrogens is 452 g/mol. The lowest BCUT2D eigenvalue weighted by Gasteiger charge is -2.25. The highest BCUT2D eigenvalue weighted by Crippen LogP contribution is 2.27. The molecule has 0 bridgehead atoms. The van der Waals surface area contributed by atoms with Gasteiger partial charge in [0.2, 0.25) is 10.0 Å². The molecule has 0 saturated carbocycles. The van der Waals surface area contributed by atoms with Gasteiger partial charge in [0, 0.05) is 31.3 Å². The summed E-state index contributed by atoms with van der Waals surface area (Å²) >= 11 is 0. The maximum atomic E-state index is 13.7. The largest absolute Gasteiger partial charge is 0.383 e. The number of aromatic nitrogens is 1. The number of para-hydroxylation sites is 1. The topological polar surface area (TPSA) is 103 Å². The maximum Gasteiger partial charge on any atom is 0.306 e. The molecule has 170 valence electrons. The summed E-state index contributed by atoms with van der Waals surface area (Å²) in [5.41, 5.74) is 1.12. The van der Waals surface area contributed by atoms with Crippen molar-refractivity contribution in [3.63, 3.8) is 0 Å². The Morgan fingerprint density at radius 3 is 2.50 bits per heavy atom. The maximum absolute atomic E-state index is 13.7. The van der Waals surface area contributed by atoms with Crippen LogP contribution in [0.2, 0.25) is 0 Å². The van der Waals surface area contributed by atoms with Gasteiger partial charge in [-0.15, -0.1) is 0 Å². The van der Waals surface area contributed by atoms with Crippen LogP contribution in [0.4, 0.5) is 0 Å². The van der Waals surface area contributed by atoms with Crippen molar-refractivity contribution >= 4 is 31.0 Å². The molecule has 1 fully saturated rings. The molecule has 1 atom stereocenters. The first-order valence-electron chi connectivity index (χ1n) is 10.2. The number of benzene rings is 2. The number of rotatable bonds is 8. The number of pyridine rings is 1. The van der Waals surface area contributed by atoms with E-state index in [1.807, 2.05) is 12.1 Å². The molecule has 0 spiro atoms. The molecule has 1 saturated heterocycles. The molecule has 0 amide bonds. The number of fused-ring (bicyclic) bond motifs is 1. The minimum absolute atomic E-state index is 0.102. The fourth-order valence-corrected chi connectivity index (χ4v) is 5.80. The number of nitrogens with zero attached hydrogens (tertiary/aromatic N) is 2. The van der Waals surface area contributed by atoms with E-state index in [-0.39, 0.29) is 29.8 Å². The van der Waals surface area contributed by atoms with E-state index in [0.717, 1.165) is 24.5 Å². The SMILES string of the molecule is CS(=O)(=O)Oc1ccc(CN(CC2CCCO2)S(=O)(=O)c2cccc3cccnc23)cc1. The van der Waals surface area contributed by atoms with Crippen LogP contribution < -0.4 is 4.18 Å².